The highest BCUT2D eigenvalue weighted by atomic mass is 32.2. The highest BCUT2D eigenvalue weighted by molar-refractivity contribution is 7.88. The summed E-state index contributed by atoms with van der Waals surface area (Å²) in [6.07, 6.45) is 5.04. The second kappa shape index (κ2) is 6.56. The van der Waals surface area contributed by atoms with Gasteiger partial charge in [0.15, 0.2) is 0 Å². The van der Waals surface area contributed by atoms with Crippen LogP contribution in [-0.4, -0.2) is 20.5 Å². The maximum absolute atomic E-state index is 12.1. The molecule has 2 rings (SSSR count). The zero-order valence-electron chi connectivity index (χ0n) is 12.0. The molecular weight excluding hydrogens is 286 g/mol. The summed E-state index contributed by atoms with van der Waals surface area (Å²) < 4.78 is 26.8. The van der Waals surface area contributed by atoms with Crippen molar-refractivity contribution in [2.24, 2.45) is 5.73 Å². The van der Waals surface area contributed by atoms with Crippen molar-refractivity contribution in [3.8, 4) is 6.07 Å². The first-order chi connectivity index (χ1) is 9.92. The Morgan fingerprint density at radius 2 is 1.81 bits per heavy atom. The van der Waals surface area contributed by atoms with Gasteiger partial charge < -0.3 is 5.73 Å². The molecule has 1 fully saturated rings. The van der Waals surface area contributed by atoms with Gasteiger partial charge in [0.2, 0.25) is 10.0 Å². The van der Waals surface area contributed by atoms with Crippen molar-refractivity contribution >= 4 is 10.0 Å². The van der Waals surface area contributed by atoms with Crippen molar-refractivity contribution in [3.63, 3.8) is 0 Å². The van der Waals surface area contributed by atoms with Crippen molar-refractivity contribution in [3.05, 3.63) is 35.4 Å². The Morgan fingerprint density at radius 3 is 2.38 bits per heavy atom. The predicted octanol–water partition coefficient (Wildman–Crippen LogP) is 1.64. The van der Waals surface area contributed by atoms with Crippen LogP contribution in [0.2, 0.25) is 0 Å². The van der Waals surface area contributed by atoms with Gasteiger partial charge in [-0.15, -0.1) is 0 Å². The summed E-state index contributed by atoms with van der Waals surface area (Å²) in [6, 6.07) is 8.58. The fourth-order valence-corrected chi connectivity index (χ4v) is 3.87. The number of sulfonamides is 1. The molecule has 114 valence electrons. The lowest BCUT2D eigenvalue weighted by molar-refractivity contribution is 0.296. The van der Waals surface area contributed by atoms with E-state index < -0.39 is 15.6 Å². The third-order valence-electron chi connectivity index (χ3n) is 3.93. The maximum atomic E-state index is 12.1. The van der Waals surface area contributed by atoms with E-state index in [-0.39, 0.29) is 5.75 Å². The Bertz CT molecular complexity index is 611. The van der Waals surface area contributed by atoms with E-state index >= 15 is 0 Å². The maximum Gasteiger partial charge on any atom is 0.215 e. The van der Waals surface area contributed by atoms with Gasteiger partial charge in [0.1, 0.15) is 0 Å². The first-order valence-corrected chi connectivity index (χ1v) is 8.83. The highest BCUT2D eigenvalue weighted by Gasteiger charge is 2.28. The number of hydrogen-bond donors (Lipinski definition) is 2. The molecule has 5 nitrogen and oxygen atoms in total. The Labute approximate surface area is 126 Å². The minimum absolute atomic E-state index is 0.0885. The molecule has 1 aromatic rings. The average Bonchev–Trinajstić information content (AvgIpc) is 2.47. The lowest BCUT2D eigenvalue weighted by Crippen LogP contribution is -2.51. The molecule has 0 saturated heterocycles. The molecule has 0 unspecified atom stereocenters. The molecule has 1 aromatic carbocycles. The number of hydrogen-bond acceptors (Lipinski definition) is 4. The Balaban J connectivity index is 1.93. The topological polar surface area (TPSA) is 96.0 Å². The van der Waals surface area contributed by atoms with E-state index in [1.807, 2.05) is 6.07 Å². The molecule has 0 heterocycles. The van der Waals surface area contributed by atoms with Crippen LogP contribution in [0.5, 0.6) is 0 Å². The average molecular weight is 307 g/mol. The summed E-state index contributed by atoms with van der Waals surface area (Å²) in [6.45, 7) is 0.297. The van der Waals surface area contributed by atoms with Crippen LogP contribution in [0.3, 0.4) is 0 Å². The molecule has 1 saturated carbocycles. The van der Waals surface area contributed by atoms with Gasteiger partial charge >= 0.3 is 0 Å². The fraction of sp³-hybridized carbons (Fsp3) is 0.533. The van der Waals surface area contributed by atoms with Crippen LogP contribution in [0.25, 0.3) is 0 Å². The smallest absolute Gasteiger partial charge is 0.215 e. The van der Waals surface area contributed by atoms with Crippen molar-refractivity contribution in [2.75, 3.05) is 6.54 Å². The third-order valence-corrected chi connectivity index (χ3v) is 5.23. The standard InChI is InChI=1S/C15H21N3O2S/c16-10-13-4-6-14(7-5-13)11-21(19,20)18-12-15(17)8-2-1-3-9-15/h4-7,18H,1-3,8-9,11-12,17H2. The summed E-state index contributed by atoms with van der Waals surface area (Å²) in [7, 11) is -3.40. The number of rotatable bonds is 5. The van der Waals surface area contributed by atoms with Crippen LogP contribution in [-0.2, 0) is 15.8 Å². The molecule has 0 atom stereocenters. The highest BCUT2D eigenvalue weighted by Crippen LogP contribution is 2.25. The molecule has 1 aliphatic carbocycles. The van der Waals surface area contributed by atoms with Crippen molar-refractivity contribution < 1.29 is 8.42 Å². The first kappa shape index (κ1) is 16.0. The van der Waals surface area contributed by atoms with E-state index in [2.05, 4.69) is 4.72 Å². The zero-order chi connectivity index (χ0) is 15.3. The fourth-order valence-electron chi connectivity index (χ4n) is 2.63. The van der Waals surface area contributed by atoms with Gasteiger partial charge in [0.05, 0.1) is 17.4 Å². The zero-order valence-corrected chi connectivity index (χ0v) is 12.8. The lowest BCUT2D eigenvalue weighted by atomic mass is 9.83. The molecule has 3 N–H and O–H groups in total. The van der Waals surface area contributed by atoms with Crippen LogP contribution in [0.15, 0.2) is 24.3 Å². The van der Waals surface area contributed by atoms with E-state index in [9.17, 15) is 8.42 Å². The summed E-state index contributed by atoms with van der Waals surface area (Å²) in [5, 5.41) is 8.72. The quantitative estimate of drug-likeness (QED) is 0.864. The molecule has 0 radical (unpaired) electrons. The van der Waals surface area contributed by atoms with Gasteiger partial charge in [-0.25, -0.2) is 13.1 Å². The normalized spacial score (nSPS) is 18.1. The Kier molecular flexibility index (Phi) is 4.99. The number of nitrogens with one attached hydrogen (secondary N) is 1. The van der Waals surface area contributed by atoms with E-state index in [1.54, 1.807) is 24.3 Å². The van der Waals surface area contributed by atoms with Crippen molar-refractivity contribution in [1.82, 2.24) is 4.72 Å². The molecule has 0 bridgehead atoms. The van der Waals surface area contributed by atoms with E-state index in [4.69, 9.17) is 11.0 Å². The minimum atomic E-state index is -3.40. The molecule has 0 spiro atoms. The van der Waals surface area contributed by atoms with Crippen molar-refractivity contribution in [1.29, 1.82) is 5.26 Å². The molecule has 0 aliphatic heterocycles. The lowest BCUT2D eigenvalue weighted by Gasteiger charge is -2.33. The summed E-state index contributed by atoms with van der Waals surface area (Å²) in [5.74, 6) is -0.0885. The van der Waals surface area contributed by atoms with Crippen LogP contribution < -0.4 is 10.5 Å². The Morgan fingerprint density at radius 1 is 1.19 bits per heavy atom. The summed E-state index contributed by atoms with van der Waals surface area (Å²) in [5.41, 5.74) is 7.01. The molecule has 1 aliphatic rings. The summed E-state index contributed by atoms with van der Waals surface area (Å²) in [4.78, 5) is 0. The third kappa shape index (κ3) is 4.81. The Hall–Kier alpha value is -1.42. The second-order valence-corrected chi connectivity index (χ2v) is 7.62. The van der Waals surface area contributed by atoms with Crippen LogP contribution >= 0.6 is 0 Å². The minimum Gasteiger partial charge on any atom is -0.324 e. The molecular formula is C15H21N3O2S. The molecule has 6 heteroatoms. The predicted molar refractivity (Wildman–Crippen MR) is 81.8 cm³/mol. The number of benzene rings is 1. The van der Waals surface area contributed by atoms with Gasteiger partial charge in [-0.1, -0.05) is 31.4 Å². The monoisotopic (exact) mass is 307 g/mol. The van der Waals surface area contributed by atoms with Crippen LogP contribution in [0, 0.1) is 11.3 Å². The van der Waals surface area contributed by atoms with Gasteiger partial charge in [-0.05, 0) is 30.5 Å². The van der Waals surface area contributed by atoms with Gasteiger partial charge in [-0.3, -0.25) is 0 Å². The van der Waals surface area contributed by atoms with E-state index in [1.165, 1.54) is 6.42 Å². The second-order valence-electron chi connectivity index (χ2n) is 5.81. The molecule has 21 heavy (non-hydrogen) atoms. The largest absolute Gasteiger partial charge is 0.324 e. The van der Waals surface area contributed by atoms with Crippen LogP contribution in [0.1, 0.15) is 43.2 Å². The van der Waals surface area contributed by atoms with Gasteiger partial charge in [0.25, 0.3) is 0 Å². The number of nitrogens with two attached hydrogens (primary N) is 1. The van der Waals surface area contributed by atoms with Crippen LogP contribution in [0.4, 0.5) is 0 Å². The van der Waals surface area contributed by atoms with Crippen molar-refractivity contribution in [2.45, 2.75) is 43.4 Å². The first-order valence-electron chi connectivity index (χ1n) is 7.18. The number of nitrogens with zero attached hydrogens (tertiary/aromatic N) is 1. The molecule has 0 aromatic heterocycles. The molecule has 0 amide bonds. The van der Waals surface area contributed by atoms with E-state index in [0.29, 0.717) is 17.7 Å². The van der Waals surface area contributed by atoms with E-state index in [0.717, 1.165) is 25.7 Å². The number of nitriles is 1. The summed E-state index contributed by atoms with van der Waals surface area (Å²) >= 11 is 0. The SMILES string of the molecule is N#Cc1ccc(CS(=O)(=O)NCC2(N)CCCCC2)cc1. The van der Waals surface area contributed by atoms with Gasteiger partial charge in [0, 0.05) is 12.1 Å². The van der Waals surface area contributed by atoms with Gasteiger partial charge in [-0.2, -0.15) is 5.26 Å².